The molecule has 0 aliphatic heterocycles. The number of hydrogen-bond donors (Lipinski definition) is 0. The van der Waals surface area contributed by atoms with Crippen LogP contribution in [0.5, 0.6) is 0 Å². The zero-order valence-electron chi connectivity index (χ0n) is 8.34. The summed E-state index contributed by atoms with van der Waals surface area (Å²) in [6.07, 6.45) is 7.83. The molecule has 0 aromatic heterocycles. The van der Waals surface area contributed by atoms with E-state index in [2.05, 4.69) is 13.8 Å². The SMILES string of the molecule is CC1C2CC3C[C@H]1CC(C)(C3)C2. The van der Waals surface area contributed by atoms with E-state index in [1.165, 1.54) is 0 Å². The van der Waals surface area contributed by atoms with Gasteiger partial charge in [-0.2, -0.15) is 0 Å². The van der Waals surface area contributed by atoms with Crippen LogP contribution >= 0.6 is 0 Å². The van der Waals surface area contributed by atoms with E-state index in [-0.39, 0.29) is 0 Å². The lowest BCUT2D eigenvalue weighted by Gasteiger charge is -2.58. The van der Waals surface area contributed by atoms with Gasteiger partial charge in [-0.25, -0.2) is 0 Å². The van der Waals surface area contributed by atoms with Gasteiger partial charge in [0, 0.05) is 0 Å². The molecule has 4 aliphatic carbocycles. The van der Waals surface area contributed by atoms with Gasteiger partial charge in [0.2, 0.25) is 0 Å². The van der Waals surface area contributed by atoms with Crippen LogP contribution < -0.4 is 0 Å². The minimum Gasteiger partial charge on any atom is -0.0620 e. The summed E-state index contributed by atoms with van der Waals surface area (Å²) in [5.41, 5.74) is 0.781. The second kappa shape index (κ2) is 2.08. The summed E-state index contributed by atoms with van der Waals surface area (Å²) < 4.78 is 0. The maximum atomic E-state index is 2.55. The molecule has 0 nitrogen and oxygen atoms in total. The van der Waals surface area contributed by atoms with E-state index in [9.17, 15) is 0 Å². The van der Waals surface area contributed by atoms with E-state index in [1.807, 2.05) is 0 Å². The molecule has 0 radical (unpaired) electrons. The van der Waals surface area contributed by atoms with Crippen molar-refractivity contribution in [2.75, 3.05) is 0 Å². The van der Waals surface area contributed by atoms with Crippen molar-refractivity contribution in [3.05, 3.63) is 0 Å². The third kappa shape index (κ3) is 0.843. The van der Waals surface area contributed by atoms with Crippen LogP contribution in [0, 0.1) is 29.1 Å². The summed E-state index contributed by atoms with van der Waals surface area (Å²) >= 11 is 0. The van der Waals surface area contributed by atoms with Crippen molar-refractivity contribution in [3.63, 3.8) is 0 Å². The van der Waals surface area contributed by atoms with Crippen molar-refractivity contribution in [2.24, 2.45) is 29.1 Å². The first-order chi connectivity index (χ1) is 5.66. The van der Waals surface area contributed by atoms with Crippen molar-refractivity contribution in [1.29, 1.82) is 0 Å². The molecule has 0 aromatic carbocycles. The Morgan fingerprint density at radius 1 is 1.00 bits per heavy atom. The van der Waals surface area contributed by atoms with Crippen LogP contribution in [0.1, 0.15) is 46.0 Å². The fourth-order valence-electron chi connectivity index (χ4n) is 4.68. The van der Waals surface area contributed by atoms with Crippen LogP contribution in [-0.4, -0.2) is 0 Å². The first kappa shape index (κ1) is 7.41. The van der Waals surface area contributed by atoms with E-state index in [4.69, 9.17) is 0 Å². The van der Waals surface area contributed by atoms with Gasteiger partial charge in [-0.3, -0.25) is 0 Å². The van der Waals surface area contributed by atoms with Crippen LogP contribution in [-0.2, 0) is 0 Å². The summed E-state index contributed by atoms with van der Waals surface area (Å²) in [5.74, 6) is 4.42. The Morgan fingerprint density at radius 3 is 2.08 bits per heavy atom. The molecule has 4 fully saturated rings. The molecule has 0 amide bonds. The lowest BCUT2D eigenvalue weighted by molar-refractivity contribution is -0.0796. The molecule has 0 saturated heterocycles. The highest BCUT2D eigenvalue weighted by Crippen LogP contribution is 2.61. The number of hydrogen-bond acceptors (Lipinski definition) is 0. The topological polar surface area (TPSA) is 0 Å². The van der Waals surface area contributed by atoms with Crippen LogP contribution in [0.3, 0.4) is 0 Å². The Labute approximate surface area is 75.7 Å². The largest absolute Gasteiger partial charge is 0.0620 e. The van der Waals surface area contributed by atoms with Crippen molar-refractivity contribution < 1.29 is 0 Å². The highest BCUT2D eigenvalue weighted by atomic mass is 14.6. The summed E-state index contributed by atoms with van der Waals surface area (Å²) in [5, 5.41) is 0. The van der Waals surface area contributed by atoms with Gasteiger partial charge >= 0.3 is 0 Å². The lowest BCUT2D eigenvalue weighted by atomic mass is 9.47. The Morgan fingerprint density at radius 2 is 1.58 bits per heavy atom. The third-order valence-corrected chi connectivity index (χ3v) is 5.05. The smallest absolute Gasteiger partial charge is 0.0318 e. The molecule has 12 heavy (non-hydrogen) atoms. The maximum absolute atomic E-state index is 2.55. The molecule has 5 atom stereocenters. The maximum Gasteiger partial charge on any atom is -0.0318 e. The minimum absolute atomic E-state index is 0.781. The molecule has 0 spiro atoms. The Kier molecular flexibility index (Phi) is 1.28. The molecule has 0 N–H and O–H groups in total. The quantitative estimate of drug-likeness (QED) is 0.514. The highest BCUT2D eigenvalue weighted by Gasteiger charge is 2.51. The van der Waals surface area contributed by atoms with E-state index in [0.717, 1.165) is 29.1 Å². The molecule has 0 heteroatoms. The Hall–Kier alpha value is 0. The van der Waals surface area contributed by atoms with Crippen LogP contribution in [0.25, 0.3) is 0 Å². The molecule has 0 heterocycles. The average Bonchev–Trinajstić information content (AvgIpc) is 1.96. The van der Waals surface area contributed by atoms with Crippen LogP contribution in [0.15, 0.2) is 0 Å². The lowest BCUT2D eigenvalue weighted by Crippen LogP contribution is -2.48. The minimum atomic E-state index is 0.781. The predicted octanol–water partition coefficient (Wildman–Crippen LogP) is 3.47. The van der Waals surface area contributed by atoms with Crippen LogP contribution in [0.4, 0.5) is 0 Å². The standard InChI is InChI=1S/C12H20/c1-8-10-3-9-4-11(8)7-12(2,5-9)6-10/h8-11H,3-7H2,1-2H3/t8?,9?,10-,11?,12?/m0/s1. The summed E-state index contributed by atoms with van der Waals surface area (Å²) in [4.78, 5) is 0. The monoisotopic (exact) mass is 164 g/mol. The molecule has 4 aliphatic rings. The molecule has 4 rings (SSSR count). The van der Waals surface area contributed by atoms with E-state index >= 15 is 0 Å². The Bertz CT molecular complexity index is 190. The normalized spacial score (nSPS) is 62.5. The van der Waals surface area contributed by atoms with Gasteiger partial charge in [0.1, 0.15) is 0 Å². The zero-order valence-corrected chi connectivity index (χ0v) is 8.34. The van der Waals surface area contributed by atoms with Crippen molar-refractivity contribution in [3.8, 4) is 0 Å². The van der Waals surface area contributed by atoms with Gasteiger partial charge in [-0.15, -0.1) is 0 Å². The average molecular weight is 164 g/mol. The second-order valence-electron chi connectivity index (χ2n) is 6.14. The van der Waals surface area contributed by atoms with Crippen molar-refractivity contribution >= 4 is 0 Å². The summed E-state index contributed by atoms with van der Waals surface area (Å²) in [6, 6.07) is 0. The molecule has 0 aromatic rings. The van der Waals surface area contributed by atoms with Crippen molar-refractivity contribution in [2.45, 2.75) is 46.0 Å². The molecular formula is C12H20. The Balaban J connectivity index is 1.95. The third-order valence-electron chi connectivity index (χ3n) is 5.05. The van der Waals surface area contributed by atoms with E-state index < -0.39 is 0 Å². The van der Waals surface area contributed by atoms with Gasteiger partial charge in [-0.05, 0) is 61.2 Å². The van der Waals surface area contributed by atoms with Crippen molar-refractivity contribution in [1.82, 2.24) is 0 Å². The second-order valence-corrected chi connectivity index (χ2v) is 6.14. The highest BCUT2D eigenvalue weighted by molar-refractivity contribution is 5.01. The fourth-order valence-corrected chi connectivity index (χ4v) is 4.68. The molecule has 4 bridgehead atoms. The summed E-state index contributed by atoms with van der Waals surface area (Å²) in [7, 11) is 0. The molecule has 4 saturated carbocycles. The number of rotatable bonds is 0. The predicted molar refractivity (Wildman–Crippen MR) is 50.8 cm³/mol. The van der Waals surface area contributed by atoms with Gasteiger partial charge in [0.15, 0.2) is 0 Å². The van der Waals surface area contributed by atoms with Gasteiger partial charge in [-0.1, -0.05) is 13.8 Å². The van der Waals surface area contributed by atoms with Gasteiger partial charge in [0.05, 0.1) is 0 Å². The van der Waals surface area contributed by atoms with E-state index in [1.54, 1.807) is 32.1 Å². The van der Waals surface area contributed by atoms with Gasteiger partial charge in [0.25, 0.3) is 0 Å². The van der Waals surface area contributed by atoms with Crippen LogP contribution in [0.2, 0.25) is 0 Å². The molecular weight excluding hydrogens is 144 g/mol. The van der Waals surface area contributed by atoms with E-state index in [0.29, 0.717) is 0 Å². The summed E-state index contributed by atoms with van der Waals surface area (Å²) in [6.45, 7) is 5.06. The van der Waals surface area contributed by atoms with Gasteiger partial charge < -0.3 is 0 Å². The fraction of sp³-hybridized carbons (Fsp3) is 1.00. The zero-order chi connectivity index (χ0) is 8.34. The first-order valence-electron chi connectivity index (χ1n) is 5.66. The molecule has 4 unspecified atom stereocenters. The first-order valence-corrected chi connectivity index (χ1v) is 5.66. The molecule has 68 valence electrons.